The monoisotopic (exact) mass is 369 g/mol. The second-order valence-corrected chi connectivity index (χ2v) is 7.58. The molecule has 1 atom stereocenters. The molecule has 0 spiro atoms. The molecule has 7 heteroatoms. The summed E-state index contributed by atoms with van der Waals surface area (Å²) in [6.45, 7) is 2.76. The van der Waals surface area contributed by atoms with Crippen molar-refractivity contribution in [3.05, 3.63) is 53.6 Å². The molecule has 1 amide bonds. The molecule has 26 heavy (non-hydrogen) atoms. The fourth-order valence-corrected chi connectivity index (χ4v) is 4.28. The second kappa shape index (κ2) is 7.97. The normalized spacial score (nSPS) is 16.6. The maximum atomic E-state index is 12.4. The Bertz CT molecular complexity index is 825. The summed E-state index contributed by atoms with van der Waals surface area (Å²) in [6, 6.07) is 4.24. The summed E-state index contributed by atoms with van der Waals surface area (Å²) in [4.78, 5) is 24.6. The van der Waals surface area contributed by atoms with Gasteiger partial charge >= 0.3 is 0 Å². The first-order chi connectivity index (χ1) is 12.8. The lowest BCUT2D eigenvalue weighted by Crippen LogP contribution is -2.41. The number of nitrogens with one attached hydrogen (secondary N) is 1. The van der Waals surface area contributed by atoms with Gasteiger partial charge in [-0.2, -0.15) is 0 Å². The molecule has 136 valence electrons. The van der Waals surface area contributed by atoms with Crippen LogP contribution >= 0.6 is 11.3 Å². The van der Waals surface area contributed by atoms with Gasteiger partial charge in [0.15, 0.2) is 4.96 Å². The average molecular weight is 369 g/mol. The Morgan fingerprint density at radius 1 is 1.31 bits per heavy atom. The van der Waals surface area contributed by atoms with Gasteiger partial charge in [-0.3, -0.25) is 19.1 Å². The largest absolute Gasteiger partial charge is 0.354 e. The molecule has 1 aliphatic heterocycles. The van der Waals surface area contributed by atoms with Crippen LogP contribution in [0.5, 0.6) is 0 Å². The van der Waals surface area contributed by atoms with E-state index in [-0.39, 0.29) is 11.9 Å². The van der Waals surface area contributed by atoms with Gasteiger partial charge < -0.3 is 5.32 Å². The maximum Gasteiger partial charge on any atom is 0.226 e. The third-order valence-corrected chi connectivity index (χ3v) is 5.65. The lowest BCUT2D eigenvalue weighted by Gasteiger charge is -2.34. The summed E-state index contributed by atoms with van der Waals surface area (Å²) < 4.78 is 1.96. The fraction of sp³-hybridized carbons (Fsp3) is 0.421. The number of nitrogens with zero attached hydrogens (tertiary/aromatic N) is 4. The number of likely N-dealkylation sites (tertiary alicyclic amines) is 1. The topological polar surface area (TPSA) is 62.5 Å². The smallest absolute Gasteiger partial charge is 0.226 e. The summed E-state index contributed by atoms with van der Waals surface area (Å²) in [7, 11) is 0. The van der Waals surface area contributed by atoms with Gasteiger partial charge in [-0.15, -0.1) is 11.3 Å². The van der Waals surface area contributed by atoms with E-state index in [1.54, 1.807) is 17.5 Å². The number of pyridine rings is 1. The minimum atomic E-state index is 0.0154. The van der Waals surface area contributed by atoms with Gasteiger partial charge in [-0.05, 0) is 37.6 Å². The van der Waals surface area contributed by atoms with Crippen LogP contribution in [0.2, 0.25) is 0 Å². The van der Waals surface area contributed by atoms with E-state index in [1.807, 2.05) is 34.4 Å². The number of thiazole rings is 1. The summed E-state index contributed by atoms with van der Waals surface area (Å²) in [5.41, 5.74) is 1.97. The van der Waals surface area contributed by atoms with E-state index in [0.29, 0.717) is 13.0 Å². The van der Waals surface area contributed by atoms with Gasteiger partial charge in [0.1, 0.15) is 0 Å². The number of amides is 1. The predicted octanol–water partition coefficient (Wildman–Crippen LogP) is 2.68. The number of rotatable bonds is 6. The molecule has 0 bridgehead atoms. The van der Waals surface area contributed by atoms with Crippen molar-refractivity contribution in [3.8, 4) is 0 Å². The Labute approximate surface area is 156 Å². The van der Waals surface area contributed by atoms with Crippen LogP contribution in [0, 0.1) is 0 Å². The fourth-order valence-electron chi connectivity index (χ4n) is 3.56. The lowest BCUT2D eigenvalue weighted by atomic mass is 10.0. The predicted molar refractivity (Wildman–Crippen MR) is 102 cm³/mol. The molecule has 0 aliphatic carbocycles. The number of carbonyl (C=O) groups excluding carboxylic acids is 1. The number of hydrogen-bond donors (Lipinski definition) is 1. The minimum absolute atomic E-state index is 0.0154. The molecule has 0 aromatic carbocycles. The molecule has 4 heterocycles. The van der Waals surface area contributed by atoms with E-state index in [4.69, 9.17) is 0 Å². The molecule has 1 aliphatic rings. The lowest BCUT2D eigenvalue weighted by molar-refractivity contribution is -0.120. The van der Waals surface area contributed by atoms with Gasteiger partial charge in [-0.25, -0.2) is 4.98 Å². The van der Waals surface area contributed by atoms with Crippen molar-refractivity contribution in [2.75, 3.05) is 19.6 Å². The van der Waals surface area contributed by atoms with Gasteiger partial charge in [-0.1, -0.05) is 12.5 Å². The van der Waals surface area contributed by atoms with Crippen molar-refractivity contribution >= 4 is 22.2 Å². The zero-order valence-corrected chi connectivity index (χ0v) is 15.5. The first kappa shape index (κ1) is 17.2. The Morgan fingerprint density at radius 3 is 2.96 bits per heavy atom. The van der Waals surface area contributed by atoms with Crippen molar-refractivity contribution in [3.63, 3.8) is 0 Å². The number of carbonyl (C=O) groups is 1. The van der Waals surface area contributed by atoms with Gasteiger partial charge in [0.25, 0.3) is 0 Å². The molecule has 1 saturated heterocycles. The number of piperidine rings is 1. The van der Waals surface area contributed by atoms with Gasteiger partial charge in [0.2, 0.25) is 5.91 Å². The average Bonchev–Trinajstić information content (AvgIpc) is 3.25. The minimum Gasteiger partial charge on any atom is -0.354 e. The molecule has 3 aromatic rings. The Morgan fingerprint density at radius 2 is 2.19 bits per heavy atom. The van der Waals surface area contributed by atoms with Crippen LogP contribution in [-0.2, 0) is 11.2 Å². The van der Waals surface area contributed by atoms with Crippen LogP contribution < -0.4 is 5.32 Å². The number of fused-ring (bicyclic) bond motifs is 1. The molecule has 4 rings (SSSR count). The van der Waals surface area contributed by atoms with Crippen molar-refractivity contribution < 1.29 is 4.79 Å². The van der Waals surface area contributed by atoms with Crippen LogP contribution in [0.15, 0.2) is 42.3 Å². The Hall–Kier alpha value is -2.25. The first-order valence-corrected chi connectivity index (χ1v) is 9.99. The number of imidazole rings is 1. The van der Waals surface area contributed by atoms with Crippen molar-refractivity contribution in [1.82, 2.24) is 24.6 Å². The molecule has 1 N–H and O–H groups in total. The highest BCUT2D eigenvalue weighted by atomic mass is 32.1. The van der Waals surface area contributed by atoms with Gasteiger partial charge in [0.05, 0.1) is 18.2 Å². The quantitative estimate of drug-likeness (QED) is 0.726. The molecule has 0 saturated carbocycles. The Kier molecular flexibility index (Phi) is 5.26. The summed E-state index contributed by atoms with van der Waals surface area (Å²) in [5, 5.41) is 5.10. The molecular weight excluding hydrogens is 346 g/mol. The van der Waals surface area contributed by atoms with Gasteiger partial charge in [0, 0.05) is 36.7 Å². The highest BCUT2D eigenvalue weighted by Crippen LogP contribution is 2.23. The zero-order chi connectivity index (χ0) is 17.8. The third kappa shape index (κ3) is 3.94. The standard InChI is InChI=1S/C19H23N5OS/c25-18(11-16-14-24-9-10-26-19(24)22-16)21-13-17(15-5-4-6-20-12-15)23-7-2-1-3-8-23/h4-6,9-10,12,14,17H,1-3,7-8,11,13H2,(H,21,25)/t17-/m0/s1. The van der Waals surface area contributed by atoms with E-state index in [0.717, 1.165) is 29.3 Å². The van der Waals surface area contributed by atoms with Crippen molar-refractivity contribution in [2.24, 2.45) is 0 Å². The van der Waals surface area contributed by atoms with Crippen LogP contribution in [0.4, 0.5) is 0 Å². The van der Waals surface area contributed by atoms with Crippen molar-refractivity contribution in [2.45, 2.75) is 31.7 Å². The van der Waals surface area contributed by atoms with E-state index in [9.17, 15) is 4.79 Å². The second-order valence-electron chi connectivity index (χ2n) is 6.70. The van der Waals surface area contributed by atoms with Crippen LogP contribution in [0.3, 0.4) is 0 Å². The van der Waals surface area contributed by atoms with Crippen LogP contribution in [-0.4, -0.2) is 44.8 Å². The molecular formula is C19H23N5OS. The van der Waals surface area contributed by atoms with Crippen LogP contribution in [0.25, 0.3) is 4.96 Å². The number of hydrogen-bond acceptors (Lipinski definition) is 5. The van der Waals surface area contributed by atoms with E-state index in [2.05, 4.69) is 26.3 Å². The summed E-state index contributed by atoms with van der Waals surface area (Å²) in [5.74, 6) is 0.0154. The third-order valence-electron chi connectivity index (χ3n) is 4.88. The molecule has 0 radical (unpaired) electrons. The molecule has 6 nitrogen and oxygen atoms in total. The van der Waals surface area contributed by atoms with E-state index >= 15 is 0 Å². The highest BCUT2D eigenvalue weighted by molar-refractivity contribution is 7.15. The summed E-state index contributed by atoms with van der Waals surface area (Å²) in [6.07, 6.45) is 11.6. The van der Waals surface area contributed by atoms with Crippen LogP contribution in [0.1, 0.15) is 36.6 Å². The first-order valence-electron chi connectivity index (χ1n) is 9.11. The SMILES string of the molecule is O=C(Cc1cn2ccsc2n1)NC[C@@H](c1cccnc1)N1CCCCC1. The summed E-state index contributed by atoms with van der Waals surface area (Å²) >= 11 is 1.58. The van der Waals surface area contributed by atoms with E-state index < -0.39 is 0 Å². The Balaban J connectivity index is 1.40. The van der Waals surface area contributed by atoms with Crippen molar-refractivity contribution in [1.29, 1.82) is 0 Å². The molecule has 0 unspecified atom stereocenters. The van der Waals surface area contributed by atoms with E-state index in [1.165, 1.54) is 19.3 Å². The number of aromatic nitrogens is 3. The zero-order valence-electron chi connectivity index (χ0n) is 14.7. The molecule has 1 fully saturated rings. The maximum absolute atomic E-state index is 12.4. The molecule has 3 aromatic heterocycles. The highest BCUT2D eigenvalue weighted by Gasteiger charge is 2.23.